The van der Waals surface area contributed by atoms with Gasteiger partial charge in [-0.25, -0.2) is 4.79 Å². The van der Waals surface area contributed by atoms with Gasteiger partial charge < -0.3 is 24.6 Å². The SMILES string of the molecule is C=CCOC(=O)NCc1cccc(-c2cccc([C@H]3O[C@@H](CN4CCN(Cc5ccccc5)CC4)[C@@H](C)[C@@H](c4ccc(CO)cc4)O3)c2)c1. The Morgan fingerprint density at radius 2 is 1.53 bits per heavy atom. The second kappa shape index (κ2) is 16.9. The smallest absolute Gasteiger partial charge is 0.407 e. The summed E-state index contributed by atoms with van der Waals surface area (Å²) in [6.45, 7) is 12.2. The molecule has 2 saturated heterocycles. The Bertz CT molecular complexity index is 1660. The van der Waals surface area contributed by atoms with Gasteiger partial charge in [-0.3, -0.25) is 9.80 Å². The second-order valence-electron chi connectivity index (χ2n) is 13.0. The predicted molar refractivity (Wildman–Crippen MR) is 191 cm³/mol. The highest BCUT2D eigenvalue weighted by molar-refractivity contribution is 5.68. The first-order chi connectivity index (χ1) is 24.0. The molecule has 4 aromatic carbocycles. The van der Waals surface area contributed by atoms with E-state index in [0.29, 0.717) is 6.54 Å². The molecule has 8 heteroatoms. The molecule has 1 amide bonds. The first-order valence-corrected chi connectivity index (χ1v) is 17.2. The van der Waals surface area contributed by atoms with Crippen molar-refractivity contribution in [2.24, 2.45) is 5.92 Å². The van der Waals surface area contributed by atoms with Crippen molar-refractivity contribution in [1.29, 1.82) is 0 Å². The summed E-state index contributed by atoms with van der Waals surface area (Å²) in [6, 6.07) is 35.2. The maximum Gasteiger partial charge on any atom is 0.407 e. The van der Waals surface area contributed by atoms with E-state index in [0.717, 1.165) is 72.6 Å². The standard InChI is InChI=1S/C41H47N3O5/c1-3-23-47-41(46)42-26-33-11-7-12-35(24-33)36-13-8-14-37(25-36)40-48-38(30(2)39(49-40)34-17-15-32(29-45)16-18-34)28-44-21-19-43(20-22-44)27-31-9-5-4-6-10-31/h3-18,24-25,30,38-40,45H,1,19-23,26-29H2,2H3,(H,42,46)/t30-,38+,39+,40+/m1/s1. The number of hydrogen-bond donors (Lipinski definition) is 2. The van der Waals surface area contributed by atoms with Crippen molar-refractivity contribution in [3.8, 4) is 11.1 Å². The van der Waals surface area contributed by atoms with Gasteiger partial charge in [-0.15, -0.1) is 0 Å². The van der Waals surface area contributed by atoms with Gasteiger partial charge in [0.2, 0.25) is 0 Å². The molecule has 0 bridgehead atoms. The number of piperazine rings is 1. The first kappa shape index (κ1) is 34.5. The zero-order valence-corrected chi connectivity index (χ0v) is 28.2. The summed E-state index contributed by atoms with van der Waals surface area (Å²) in [5.74, 6) is 0.115. The van der Waals surface area contributed by atoms with Crippen LogP contribution in [0.5, 0.6) is 0 Å². The number of carbonyl (C=O) groups excluding carboxylic acids is 1. The zero-order chi connectivity index (χ0) is 34.0. The van der Waals surface area contributed by atoms with Crippen molar-refractivity contribution >= 4 is 6.09 Å². The molecule has 49 heavy (non-hydrogen) atoms. The van der Waals surface area contributed by atoms with Crippen LogP contribution in [0.4, 0.5) is 4.79 Å². The summed E-state index contributed by atoms with van der Waals surface area (Å²) in [7, 11) is 0. The summed E-state index contributed by atoms with van der Waals surface area (Å²) in [5.41, 5.74) is 7.30. The highest BCUT2D eigenvalue weighted by atomic mass is 16.7. The van der Waals surface area contributed by atoms with Gasteiger partial charge in [0.15, 0.2) is 6.29 Å². The molecule has 0 saturated carbocycles. The topological polar surface area (TPSA) is 83.5 Å². The van der Waals surface area contributed by atoms with Crippen LogP contribution in [0.3, 0.4) is 0 Å². The molecular weight excluding hydrogens is 614 g/mol. The van der Waals surface area contributed by atoms with Crippen molar-refractivity contribution in [3.63, 3.8) is 0 Å². The molecule has 0 unspecified atom stereocenters. The third-order valence-electron chi connectivity index (χ3n) is 9.46. The molecule has 0 radical (unpaired) electrons. The molecule has 256 valence electrons. The fraction of sp³-hybridized carbons (Fsp3) is 0.341. The molecule has 2 N–H and O–H groups in total. The normalized spacial score (nSPS) is 21.6. The molecule has 8 nitrogen and oxygen atoms in total. The first-order valence-electron chi connectivity index (χ1n) is 17.2. The van der Waals surface area contributed by atoms with Gasteiger partial charge in [0.05, 0.1) is 18.8 Å². The summed E-state index contributed by atoms with van der Waals surface area (Å²) in [5, 5.41) is 12.4. The summed E-state index contributed by atoms with van der Waals surface area (Å²) < 4.78 is 18.7. The van der Waals surface area contributed by atoms with Crippen LogP contribution in [0.1, 0.15) is 47.1 Å². The lowest BCUT2D eigenvalue weighted by molar-refractivity contribution is -0.276. The van der Waals surface area contributed by atoms with Gasteiger partial charge in [-0.05, 0) is 45.5 Å². The van der Waals surface area contributed by atoms with E-state index in [-0.39, 0.29) is 31.3 Å². The van der Waals surface area contributed by atoms with E-state index in [4.69, 9.17) is 14.2 Å². The van der Waals surface area contributed by atoms with Crippen LogP contribution in [-0.4, -0.2) is 66.4 Å². The lowest BCUT2D eigenvalue weighted by atomic mass is 9.89. The van der Waals surface area contributed by atoms with Gasteiger partial charge in [0, 0.05) is 57.3 Å². The van der Waals surface area contributed by atoms with E-state index >= 15 is 0 Å². The van der Waals surface area contributed by atoms with Crippen molar-refractivity contribution in [2.45, 2.75) is 45.1 Å². The molecule has 4 aromatic rings. The van der Waals surface area contributed by atoms with Crippen molar-refractivity contribution in [2.75, 3.05) is 39.3 Å². The van der Waals surface area contributed by atoms with Crippen molar-refractivity contribution in [3.05, 3.63) is 144 Å². The summed E-state index contributed by atoms with van der Waals surface area (Å²) in [4.78, 5) is 17.0. The number of alkyl carbamates (subject to hydrolysis) is 1. The Kier molecular flexibility index (Phi) is 11.9. The fourth-order valence-corrected chi connectivity index (χ4v) is 6.64. The van der Waals surface area contributed by atoms with Gasteiger partial charge in [0.1, 0.15) is 6.61 Å². The molecule has 0 spiro atoms. The van der Waals surface area contributed by atoms with Gasteiger partial charge in [-0.2, -0.15) is 0 Å². The Morgan fingerprint density at radius 3 is 2.27 bits per heavy atom. The number of aliphatic hydroxyl groups is 1. The monoisotopic (exact) mass is 661 g/mol. The number of nitrogens with zero attached hydrogens (tertiary/aromatic N) is 2. The Hall–Kier alpha value is -4.31. The van der Waals surface area contributed by atoms with Crippen LogP contribution in [0.15, 0.2) is 116 Å². The number of amides is 1. The third-order valence-corrected chi connectivity index (χ3v) is 9.46. The van der Waals surface area contributed by atoms with Gasteiger partial charge >= 0.3 is 6.09 Å². The van der Waals surface area contributed by atoms with Crippen LogP contribution in [0, 0.1) is 5.92 Å². The van der Waals surface area contributed by atoms with Crippen LogP contribution >= 0.6 is 0 Å². The summed E-state index contributed by atoms with van der Waals surface area (Å²) in [6.07, 6.45) is 0.305. The maximum absolute atomic E-state index is 11.9. The van der Waals surface area contributed by atoms with E-state index in [9.17, 15) is 9.90 Å². The van der Waals surface area contributed by atoms with E-state index in [1.54, 1.807) is 6.08 Å². The number of aliphatic hydroxyl groups excluding tert-OH is 1. The third kappa shape index (κ3) is 9.23. The van der Waals surface area contributed by atoms with Crippen molar-refractivity contribution < 1.29 is 24.1 Å². The molecular formula is C41H47N3O5. The van der Waals surface area contributed by atoms with Crippen LogP contribution in [0.2, 0.25) is 0 Å². The number of hydrogen-bond acceptors (Lipinski definition) is 7. The Balaban J connectivity index is 1.17. The quantitative estimate of drug-likeness (QED) is 0.161. The number of nitrogens with one attached hydrogen (secondary N) is 1. The number of rotatable bonds is 12. The zero-order valence-electron chi connectivity index (χ0n) is 28.2. The number of benzene rings is 4. The van der Waals surface area contributed by atoms with Crippen LogP contribution in [0.25, 0.3) is 11.1 Å². The number of ether oxygens (including phenoxy) is 3. The minimum absolute atomic E-state index is 0.00935. The molecule has 6 rings (SSSR count). The minimum atomic E-state index is -0.549. The average Bonchev–Trinajstić information content (AvgIpc) is 3.15. The van der Waals surface area contributed by atoms with Gasteiger partial charge in [-0.1, -0.05) is 111 Å². The lowest BCUT2D eigenvalue weighted by Gasteiger charge is -2.44. The summed E-state index contributed by atoms with van der Waals surface area (Å²) >= 11 is 0. The van der Waals surface area contributed by atoms with E-state index in [2.05, 4.69) is 101 Å². The molecule has 2 heterocycles. The minimum Gasteiger partial charge on any atom is -0.445 e. The molecule has 0 aromatic heterocycles. The average molecular weight is 662 g/mol. The van der Waals surface area contributed by atoms with E-state index in [1.165, 1.54) is 5.56 Å². The Labute approximate surface area is 289 Å². The van der Waals surface area contributed by atoms with E-state index < -0.39 is 12.4 Å². The molecule has 2 aliphatic heterocycles. The highest BCUT2D eigenvalue weighted by Gasteiger charge is 2.39. The van der Waals surface area contributed by atoms with Crippen LogP contribution < -0.4 is 5.32 Å². The second-order valence-corrected chi connectivity index (χ2v) is 13.0. The lowest BCUT2D eigenvalue weighted by Crippen LogP contribution is -2.51. The van der Waals surface area contributed by atoms with Gasteiger partial charge in [0.25, 0.3) is 0 Å². The molecule has 0 aliphatic carbocycles. The fourth-order valence-electron chi connectivity index (χ4n) is 6.64. The highest BCUT2D eigenvalue weighted by Crippen LogP contribution is 2.42. The molecule has 2 aliphatic rings. The molecule has 2 fully saturated rings. The number of carbonyl (C=O) groups is 1. The Morgan fingerprint density at radius 1 is 0.837 bits per heavy atom. The van der Waals surface area contributed by atoms with E-state index in [1.807, 2.05) is 30.3 Å². The maximum atomic E-state index is 11.9. The predicted octanol–water partition coefficient (Wildman–Crippen LogP) is 6.87. The van der Waals surface area contributed by atoms with Crippen molar-refractivity contribution in [1.82, 2.24) is 15.1 Å². The largest absolute Gasteiger partial charge is 0.445 e. The molecule has 4 atom stereocenters. The van der Waals surface area contributed by atoms with Crippen LogP contribution in [-0.2, 0) is 33.9 Å².